The molecule has 0 aliphatic carbocycles. The van der Waals surface area contributed by atoms with Crippen LogP contribution in [-0.2, 0) is 16.0 Å². The van der Waals surface area contributed by atoms with Gasteiger partial charge in [0, 0.05) is 0 Å². The highest BCUT2D eigenvalue weighted by Crippen LogP contribution is 2.25. The van der Waals surface area contributed by atoms with Gasteiger partial charge >= 0.3 is 0 Å². The van der Waals surface area contributed by atoms with E-state index in [0.29, 0.717) is 11.5 Å². The normalized spacial score (nSPS) is 9.78. The van der Waals surface area contributed by atoms with Gasteiger partial charge in [0.05, 0.1) is 13.5 Å². The molecule has 0 bridgehead atoms. The molecule has 0 aliphatic heterocycles. The maximum absolute atomic E-state index is 11.7. The van der Waals surface area contributed by atoms with Gasteiger partial charge in [0.15, 0.2) is 18.1 Å². The smallest absolute Gasteiger partial charge is 0.276 e. The van der Waals surface area contributed by atoms with Crippen molar-refractivity contribution in [1.82, 2.24) is 10.9 Å². The number of para-hydroxylation sites is 2. The number of nitrogens with one attached hydrogen (secondary N) is 2. The predicted molar refractivity (Wildman–Crippen MR) is 84.9 cm³/mol. The van der Waals surface area contributed by atoms with Crippen molar-refractivity contribution in [2.24, 2.45) is 0 Å². The number of carbonyl (C=O) groups is 2. The van der Waals surface area contributed by atoms with Crippen LogP contribution in [0.1, 0.15) is 5.56 Å². The molecule has 0 fully saturated rings. The number of ether oxygens (including phenoxy) is 2. The molecule has 0 heterocycles. The molecule has 0 spiro atoms. The van der Waals surface area contributed by atoms with Crippen molar-refractivity contribution in [2.75, 3.05) is 13.7 Å². The van der Waals surface area contributed by atoms with E-state index in [1.165, 1.54) is 7.11 Å². The topological polar surface area (TPSA) is 76.7 Å². The summed E-state index contributed by atoms with van der Waals surface area (Å²) in [6.45, 7) is -0.230. The minimum atomic E-state index is -0.461. The highest BCUT2D eigenvalue weighted by Gasteiger charge is 2.08. The summed E-state index contributed by atoms with van der Waals surface area (Å²) >= 11 is 0. The van der Waals surface area contributed by atoms with Gasteiger partial charge in [-0.25, -0.2) is 0 Å². The van der Waals surface area contributed by atoms with Crippen molar-refractivity contribution in [3.63, 3.8) is 0 Å². The minimum Gasteiger partial charge on any atom is -0.493 e. The van der Waals surface area contributed by atoms with E-state index >= 15 is 0 Å². The Balaban J connectivity index is 1.74. The van der Waals surface area contributed by atoms with Crippen molar-refractivity contribution in [3.8, 4) is 11.5 Å². The van der Waals surface area contributed by atoms with Crippen molar-refractivity contribution < 1.29 is 19.1 Å². The van der Waals surface area contributed by atoms with Gasteiger partial charge in [-0.05, 0) is 17.7 Å². The Bertz CT molecular complexity index is 659. The second kappa shape index (κ2) is 8.43. The van der Waals surface area contributed by atoms with Gasteiger partial charge in [-0.3, -0.25) is 20.4 Å². The first-order valence-corrected chi connectivity index (χ1v) is 7.06. The van der Waals surface area contributed by atoms with E-state index in [1.807, 2.05) is 30.3 Å². The minimum absolute atomic E-state index is 0.189. The average Bonchev–Trinajstić information content (AvgIpc) is 2.59. The van der Waals surface area contributed by atoms with Crippen LogP contribution in [0.15, 0.2) is 54.6 Å². The number of rotatable bonds is 6. The largest absolute Gasteiger partial charge is 0.493 e. The molecule has 2 aromatic rings. The Hall–Kier alpha value is -3.02. The molecule has 0 aliphatic rings. The molecule has 2 aromatic carbocycles. The maximum Gasteiger partial charge on any atom is 0.276 e. The lowest BCUT2D eigenvalue weighted by Gasteiger charge is -2.11. The van der Waals surface area contributed by atoms with Crippen molar-refractivity contribution >= 4 is 11.8 Å². The molecule has 0 radical (unpaired) electrons. The Morgan fingerprint density at radius 1 is 0.870 bits per heavy atom. The van der Waals surface area contributed by atoms with Gasteiger partial charge in [-0.2, -0.15) is 0 Å². The van der Waals surface area contributed by atoms with Crippen LogP contribution in [0.4, 0.5) is 0 Å². The number of hydrogen-bond donors (Lipinski definition) is 2. The average molecular weight is 314 g/mol. The molecule has 0 saturated heterocycles. The van der Waals surface area contributed by atoms with Gasteiger partial charge < -0.3 is 9.47 Å². The van der Waals surface area contributed by atoms with Crippen molar-refractivity contribution in [3.05, 3.63) is 60.2 Å². The van der Waals surface area contributed by atoms with Gasteiger partial charge in [0.2, 0.25) is 5.91 Å². The Labute approximate surface area is 134 Å². The van der Waals surface area contributed by atoms with Crippen LogP contribution in [0.2, 0.25) is 0 Å². The van der Waals surface area contributed by atoms with E-state index in [2.05, 4.69) is 10.9 Å². The fourth-order valence-corrected chi connectivity index (χ4v) is 1.88. The summed E-state index contributed by atoms with van der Waals surface area (Å²) in [5.41, 5.74) is 5.52. The summed E-state index contributed by atoms with van der Waals surface area (Å²) < 4.78 is 10.5. The zero-order valence-electron chi connectivity index (χ0n) is 12.7. The van der Waals surface area contributed by atoms with E-state index in [0.717, 1.165) is 5.56 Å². The highest BCUT2D eigenvalue weighted by atomic mass is 16.5. The zero-order valence-corrected chi connectivity index (χ0v) is 12.7. The maximum atomic E-state index is 11.7. The summed E-state index contributed by atoms with van der Waals surface area (Å²) in [5, 5.41) is 0. The van der Waals surface area contributed by atoms with Crippen molar-refractivity contribution in [1.29, 1.82) is 0 Å². The van der Waals surface area contributed by atoms with Crippen LogP contribution >= 0.6 is 0 Å². The monoisotopic (exact) mass is 314 g/mol. The van der Waals surface area contributed by atoms with E-state index < -0.39 is 5.91 Å². The molecule has 0 aromatic heterocycles. The van der Waals surface area contributed by atoms with E-state index in [1.54, 1.807) is 24.3 Å². The van der Waals surface area contributed by atoms with E-state index in [-0.39, 0.29) is 18.9 Å². The third-order valence-corrected chi connectivity index (χ3v) is 2.98. The third-order valence-electron chi connectivity index (χ3n) is 2.98. The molecule has 23 heavy (non-hydrogen) atoms. The summed E-state index contributed by atoms with van der Waals surface area (Å²) in [6, 6.07) is 16.3. The van der Waals surface area contributed by atoms with Crippen LogP contribution in [-0.4, -0.2) is 25.5 Å². The lowest BCUT2D eigenvalue weighted by atomic mass is 10.1. The molecule has 6 nitrogen and oxygen atoms in total. The molecule has 6 heteroatoms. The van der Waals surface area contributed by atoms with Crippen LogP contribution in [0, 0.1) is 0 Å². The molecule has 0 atom stereocenters. The van der Waals surface area contributed by atoms with Crippen molar-refractivity contribution in [2.45, 2.75) is 6.42 Å². The molecule has 0 saturated carbocycles. The van der Waals surface area contributed by atoms with Gasteiger partial charge in [-0.1, -0.05) is 42.5 Å². The fraction of sp³-hybridized carbons (Fsp3) is 0.176. The Morgan fingerprint density at radius 2 is 1.48 bits per heavy atom. The fourth-order valence-electron chi connectivity index (χ4n) is 1.88. The van der Waals surface area contributed by atoms with E-state index in [4.69, 9.17) is 9.47 Å². The molecular formula is C17H18N2O4. The van der Waals surface area contributed by atoms with Gasteiger partial charge in [-0.15, -0.1) is 0 Å². The van der Waals surface area contributed by atoms with Gasteiger partial charge in [0.1, 0.15) is 0 Å². The quantitative estimate of drug-likeness (QED) is 0.792. The third kappa shape index (κ3) is 5.35. The van der Waals surface area contributed by atoms with Crippen LogP contribution < -0.4 is 20.3 Å². The Kier molecular flexibility index (Phi) is 5.99. The molecule has 120 valence electrons. The van der Waals surface area contributed by atoms with Crippen LogP contribution in [0.25, 0.3) is 0 Å². The molecule has 2 rings (SSSR count). The summed E-state index contributed by atoms with van der Waals surface area (Å²) in [5.74, 6) is 0.230. The van der Waals surface area contributed by atoms with E-state index in [9.17, 15) is 9.59 Å². The first-order valence-electron chi connectivity index (χ1n) is 7.06. The first-order chi connectivity index (χ1) is 11.2. The number of amides is 2. The predicted octanol–water partition coefficient (Wildman–Crippen LogP) is 1.46. The molecule has 2 N–H and O–H groups in total. The summed E-state index contributed by atoms with van der Waals surface area (Å²) in [6.07, 6.45) is 0.189. The Morgan fingerprint density at radius 3 is 2.17 bits per heavy atom. The van der Waals surface area contributed by atoms with Crippen LogP contribution in [0.5, 0.6) is 11.5 Å². The standard InChI is InChI=1S/C17H18N2O4/c1-22-14-9-5-6-10-15(14)23-12-17(21)19-18-16(20)11-13-7-3-2-4-8-13/h2-10H,11-12H2,1H3,(H,18,20)(H,19,21). The summed E-state index contributed by atoms with van der Waals surface area (Å²) in [4.78, 5) is 23.4. The number of hydrazine groups is 1. The molecule has 0 unspecified atom stereocenters. The second-order valence-electron chi connectivity index (χ2n) is 4.70. The SMILES string of the molecule is COc1ccccc1OCC(=O)NNC(=O)Cc1ccccc1. The number of hydrogen-bond acceptors (Lipinski definition) is 4. The number of benzene rings is 2. The lowest BCUT2D eigenvalue weighted by molar-refractivity contribution is -0.129. The number of methoxy groups -OCH3 is 1. The lowest BCUT2D eigenvalue weighted by Crippen LogP contribution is -2.44. The molecule has 2 amide bonds. The number of carbonyl (C=O) groups excluding carboxylic acids is 2. The zero-order chi connectivity index (χ0) is 16.5. The highest BCUT2D eigenvalue weighted by molar-refractivity contribution is 5.83. The van der Waals surface area contributed by atoms with Gasteiger partial charge in [0.25, 0.3) is 5.91 Å². The summed E-state index contributed by atoms with van der Waals surface area (Å²) in [7, 11) is 1.52. The first kappa shape index (κ1) is 16.4. The molecular weight excluding hydrogens is 296 g/mol. The van der Waals surface area contributed by atoms with Crippen LogP contribution in [0.3, 0.4) is 0 Å². The second-order valence-corrected chi connectivity index (χ2v) is 4.70.